The smallest absolute Gasteiger partial charge is 0.263 e. The summed E-state index contributed by atoms with van der Waals surface area (Å²) in [6.45, 7) is 4.03. The first-order chi connectivity index (χ1) is 8.70. The van der Waals surface area contributed by atoms with E-state index in [2.05, 4.69) is 11.9 Å². The summed E-state index contributed by atoms with van der Waals surface area (Å²) in [5.41, 5.74) is 0.849. The number of benzene rings is 1. The Bertz CT molecular complexity index is 538. The van der Waals surface area contributed by atoms with E-state index in [0.717, 1.165) is 11.3 Å². The molecule has 5 heteroatoms. The van der Waals surface area contributed by atoms with Crippen LogP contribution in [0.5, 0.6) is 5.75 Å². The van der Waals surface area contributed by atoms with Gasteiger partial charge in [-0.25, -0.2) is 0 Å². The van der Waals surface area contributed by atoms with E-state index in [4.69, 9.17) is 17.0 Å². The summed E-state index contributed by atoms with van der Waals surface area (Å²) in [5, 5.41) is 2.58. The summed E-state index contributed by atoms with van der Waals surface area (Å²) >= 11 is 6.20. The van der Waals surface area contributed by atoms with Crippen LogP contribution in [0, 0.1) is 0 Å². The first-order valence-electron chi connectivity index (χ1n) is 5.28. The first-order valence-corrected chi connectivity index (χ1v) is 6.51. The maximum Gasteiger partial charge on any atom is 0.263 e. The maximum atomic E-state index is 11.6. The molecule has 1 aliphatic heterocycles. The number of hydrogen-bond acceptors (Lipinski definition) is 4. The summed E-state index contributed by atoms with van der Waals surface area (Å²) in [4.78, 5) is 12.1. The van der Waals surface area contributed by atoms with Crippen molar-refractivity contribution < 1.29 is 9.53 Å². The highest BCUT2D eigenvalue weighted by atomic mass is 32.2. The molecule has 3 nitrogen and oxygen atoms in total. The van der Waals surface area contributed by atoms with Gasteiger partial charge in [-0.3, -0.25) is 4.79 Å². The van der Waals surface area contributed by atoms with Crippen LogP contribution in [0.4, 0.5) is 0 Å². The average molecular weight is 277 g/mol. The van der Waals surface area contributed by atoms with Crippen LogP contribution < -0.4 is 10.1 Å². The normalized spacial score (nSPS) is 16.8. The minimum absolute atomic E-state index is 0.163. The molecule has 1 heterocycles. The SMILES string of the molecule is C=CCOc1ccccc1C=C1SC(=S)NC1=O. The lowest BCUT2D eigenvalue weighted by Gasteiger charge is -2.06. The van der Waals surface area contributed by atoms with Crippen LogP contribution in [0.1, 0.15) is 5.56 Å². The third kappa shape index (κ3) is 3.00. The number of carbonyl (C=O) groups is 1. The van der Waals surface area contributed by atoms with Gasteiger partial charge in [-0.05, 0) is 12.1 Å². The molecule has 0 bridgehead atoms. The lowest BCUT2D eigenvalue weighted by Crippen LogP contribution is -2.17. The molecule has 0 saturated carbocycles. The molecule has 1 N–H and O–H groups in total. The van der Waals surface area contributed by atoms with E-state index in [-0.39, 0.29) is 5.91 Å². The van der Waals surface area contributed by atoms with Crippen molar-refractivity contribution >= 4 is 40.3 Å². The lowest BCUT2D eigenvalue weighted by molar-refractivity contribution is -0.115. The van der Waals surface area contributed by atoms with Gasteiger partial charge in [0.25, 0.3) is 5.91 Å². The fourth-order valence-electron chi connectivity index (χ4n) is 1.44. The number of nitrogens with one attached hydrogen (secondary N) is 1. The Morgan fingerprint density at radius 2 is 2.22 bits per heavy atom. The van der Waals surface area contributed by atoms with Gasteiger partial charge in [-0.2, -0.15) is 0 Å². The predicted molar refractivity (Wildman–Crippen MR) is 78.4 cm³/mol. The Kier molecular flexibility index (Phi) is 4.17. The van der Waals surface area contributed by atoms with Gasteiger partial charge in [0.15, 0.2) is 0 Å². The highest BCUT2D eigenvalue weighted by Crippen LogP contribution is 2.29. The van der Waals surface area contributed by atoms with E-state index in [1.54, 1.807) is 12.2 Å². The topological polar surface area (TPSA) is 38.3 Å². The van der Waals surface area contributed by atoms with Crippen molar-refractivity contribution in [2.24, 2.45) is 0 Å². The van der Waals surface area contributed by atoms with Gasteiger partial charge in [-0.15, -0.1) is 0 Å². The second-order valence-electron chi connectivity index (χ2n) is 3.49. The second kappa shape index (κ2) is 5.84. The number of amides is 1. The molecule has 92 valence electrons. The van der Waals surface area contributed by atoms with E-state index in [9.17, 15) is 4.79 Å². The van der Waals surface area contributed by atoms with Crippen LogP contribution >= 0.6 is 24.0 Å². The van der Waals surface area contributed by atoms with Crippen molar-refractivity contribution in [3.63, 3.8) is 0 Å². The Morgan fingerprint density at radius 3 is 2.89 bits per heavy atom. The van der Waals surface area contributed by atoms with Crippen LogP contribution in [0.25, 0.3) is 6.08 Å². The van der Waals surface area contributed by atoms with Crippen LogP contribution in [0.3, 0.4) is 0 Å². The van der Waals surface area contributed by atoms with Crippen LogP contribution in [-0.4, -0.2) is 16.8 Å². The van der Waals surface area contributed by atoms with Gasteiger partial charge >= 0.3 is 0 Å². The molecule has 2 rings (SSSR count). The average Bonchev–Trinajstić information content (AvgIpc) is 2.67. The standard InChI is InChI=1S/C13H11NO2S2/c1-2-7-16-10-6-4-3-5-9(10)8-11-12(15)14-13(17)18-11/h2-6,8H,1,7H2,(H,14,15,17). The van der Waals surface area contributed by atoms with Crippen molar-refractivity contribution in [1.82, 2.24) is 5.32 Å². The van der Waals surface area contributed by atoms with E-state index < -0.39 is 0 Å². The molecule has 0 aromatic heterocycles. The third-order valence-electron chi connectivity index (χ3n) is 2.20. The molecule has 0 unspecified atom stereocenters. The summed E-state index contributed by atoms with van der Waals surface area (Å²) in [7, 11) is 0. The first kappa shape index (κ1) is 12.9. The van der Waals surface area contributed by atoms with Crippen LogP contribution in [-0.2, 0) is 4.79 Å². The fourth-order valence-corrected chi connectivity index (χ4v) is 2.48. The van der Waals surface area contributed by atoms with E-state index in [0.29, 0.717) is 15.8 Å². The van der Waals surface area contributed by atoms with Crippen LogP contribution in [0.15, 0.2) is 41.8 Å². The molecule has 0 atom stereocenters. The third-order valence-corrected chi connectivity index (χ3v) is 3.37. The molecule has 0 aliphatic carbocycles. The summed E-state index contributed by atoms with van der Waals surface area (Å²) in [5.74, 6) is 0.555. The molecule has 0 radical (unpaired) electrons. The minimum Gasteiger partial charge on any atom is -0.489 e. The highest BCUT2D eigenvalue weighted by molar-refractivity contribution is 8.26. The molecule has 0 spiro atoms. The van der Waals surface area contributed by atoms with Crippen molar-refractivity contribution in [3.05, 3.63) is 47.4 Å². The highest BCUT2D eigenvalue weighted by Gasteiger charge is 2.22. The Balaban J connectivity index is 2.28. The second-order valence-corrected chi connectivity index (χ2v) is 5.21. The monoisotopic (exact) mass is 277 g/mol. The zero-order valence-corrected chi connectivity index (χ0v) is 11.1. The Hall–Kier alpha value is -1.59. The molecule has 1 amide bonds. The summed E-state index contributed by atoms with van der Waals surface area (Å²) in [6, 6.07) is 7.52. The molecule has 1 aromatic carbocycles. The van der Waals surface area contributed by atoms with Gasteiger partial charge in [0.05, 0.1) is 4.91 Å². The van der Waals surface area contributed by atoms with Gasteiger partial charge in [0, 0.05) is 5.56 Å². The van der Waals surface area contributed by atoms with Gasteiger partial charge in [0.1, 0.15) is 16.7 Å². The van der Waals surface area contributed by atoms with E-state index in [1.807, 2.05) is 24.3 Å². The lowest BCUT2D eigenvalue weighted by atomic mass is 10.2. The molecular formula is C13H11NO2S2. The van der Waals surface area contributed by atoms with Gasteiger partial charge in [-0.1, -0.05) is 54.8 Å². The number of ether oxygens (including phenoxy) is 1. The minimum atomic E-state index is -0.163. The van der Waals surface area contributed by atoms with E-state index >= 15 is 0 Å². The number of thiocarbonyl (C=S) groups is 1. The molecule has 1 saturated heterocycles. The molecular weight excluding hydrogens is 266 g/mol. The van der Waals surface area contributed by atoms with Crippen molar-refractivity contribution in [2.45, 2.75) is 0 Å². The van der Waals surface area contributed by atoms with Crippen molar-refractivity contribution in [3.8, 4) is 5.75 Å². The van der Waals surface area contributed by atoms with Gasteiger partial charge < -0.3 is 10.1 Å². The zero-order valence-electron chi connectivity index (χ0n) is 9.51. The van der Waals surface area contributed by atoms with Crippen molar-refractivity contribution in [2.75, 3.05) is 6.61 Å². The number of thioether (sulfide) groups is 1. The molecule has 1 aromatic rings. The maximum absolute atomic E-state index is 11.6. The molecule has 1 aliphatic rings. The number of rotatable bonds is 4. The summed E-state index contributed by atoms with van der Waals surface area (Å²) < 4.78 is 6.00. The largest absolute Gasteiger partial charge is 0.489 e. The number of carbonyl (C=O) groups excluding carboxylic acids is 1. The Morgan fingerprint density at radius 1 is 1.44 bits per heavy atom. The fraction of sp³-hybridized carbons (Fsp3) is 0.0769. The predicted octanol–water partition coefficient (Wildman–Crippen LogP) is 2.74. The summed E-state index contributed by atoms with van der Waals surface area (Å²) in [6.07, 6.45) is 3.45. The Labute approximate surface area is 115 Å². The van der Waals surface area contributed by atoms with Gasteiger partial charge in [0.2, 0.25) is 0 Å². The van der Waals surface area contributed by atoms with Crippen LogP contribution in [0.2, 0.25) is 0 Å². The van der Waals surface area contributed by atoms with Crippen molar-refractivity contribution in [1.29, 1.82) is 0 Å². The molecule has 1 fully saturated rings. The quantitative estimate of drug-likeness (QED) is 0.522. The number of para-hydroxylation sites is 1. The number of hydrogen-bond donors (Lipinski definition) is 1. The van der Waals surface area contributed by atoms with E-state index in [1.165, 1.54) is 11.8 Å². The molecule has 18 heavy (non-hydrogen) atoms. The zero-order chi connectivity index (χ0) is 13.0.